The Labute approximate surface area is 248 Å². The van der Waals surface area contributed by atoms with Gasteiger partial charge in [0.15, 0.2) is 6.17 Å². The number of nitrogens with one attached hydrogen (secondary N) is 1. The zero-order valence-corrected chi connectivity index (χ0v) is 24.9. The minimum Gasteiger partial charge on any atom is -0.481 e. The number of rotatable bonds is 10. The fraction of sp³-hybridized carbons (Fsp3) is 0.286. The van der Waals surface area contributed by atoms with Crippen molar-refractivity contribution in [1.29, 1.82) is 0 Å². The second-order valence-electron chi connectivity index (χ2n) is 9.84. The maximum atomic E-state index is 14.0. The zero-order valence-electron chi connectivity index (χ0n) is 22.5. The average Bonchev–Trinajstić information content (AvgIpc) is 2.93. The fourth-order valence-electron chi connectivity index (χ4n) is 4.78. The van der Waals surface area contributed by atoms with Gasteiger partial charge in [0.25, 0.3) is 5.91 Å². The van der Waals surface area contributed by atoms with Crippen LogP contribution in [0.4, 0.5) is 4.39 Å². The Hall–Kier alpha value is -3.36. The molecular weight excluding hydrogens is 609 g/mol. The first-order valence-corrected chi connectivity index (χ1v) is 16.3. The van der Waals surface area contributed by atoms with Crippen LogP contribution in [0.25, 0.3) is 0 Å². The third-order valence-corrected chi connectivity index (χ3v) is 10.7. The van der Waals surface area contributed by atoms with Crippen molar-refractivity contribution < 1.29 is 35.9 Å². The third kappa shape index (κ3) is 7.16. The summed E-state index contributed by atoms with van der Waals surface area (Å²) in [6, 6.07) is 16.6. The number of carboxylic acids is 1. The molecule has 0 saturated carbocycles. The van der Waals surface area contributed by atoms with Gasteiger partial charge < -0.3 is 10.4 Å². The summed E-state index contributed by atoms with van der Waals surface area (Å²) in [4.78, 5) is 25.2. The topological polar surface area (TPSA) is 141 Å². The molecule has 3 aromatic carbocycles. The van der Waals surface area contributed by atoms with Gasteiger partial charge in [0, 0.05) is 13.1 Å². The van der Waals surface area contributed by atoms with Gasteiger partial charge in [-0.05, 0) is 42.7 Å². The van der Waals surface area contributed by atoms with E-state index < -0.39 is 72.0 Å². The number of carbonyl (C=O) groups is 2. The number of carbonyl (C=O) groups excluding carboxylic acids is 1. The van der Waals surface area contributed by atoms with Gasteiger partial charge in [-0.2, -0.15) is 8.61 Å². The molecule has 2 unspecified atom stereocenters. The van der Waals surface area contributed by atoms with Crippen LogP contribution < -0.4 is 5.32 Å². The quantitative estimate of drug-likeness (QED) is 0.346. The molecule has 1 saturated heterocycles. The lowest BCUT2D eigenvalue weighted by molar-refractivity contribution is -0.138. The summed E-state index contributed by atoms with van der Waals surface area (Å²) in [5, 5.41) is 11.7. The van der Waals surface area contributed by atoms with E-state index in [0.29, 0.717) is 11.1 Å². The highest BCUT2D eigenvalue weighted by Crippen LogP contribution is 2.30. The largest absolute Gasteiger partial charge is 0.481 e. The Balaban J connectivity index is 1.79. The monoisotopic (exact) mass is 637 g/mol. The van der Waals surface area contributed by atoms with Crippen molar-refractivity contribution in [1.82, 2.24) is 13.9 Å². The molecule has 3 aromatic rings. The third-order valence-electron chi connectivity index (χ3n) is 6.72. The number of hydrogen-bond acceptors (Lipinski definition) is 6. The Bertz CT molecular complexity index is 1690. The van der Waals surface area contributed by atoms with Gasteiger partial charge in [0.1, 0.15) is 5.82 Å². The van der Waals surface area contributed by atoms with E-state index >= 15 is 0 Å². The Kier molecular flexibility index (Phi) is 9.68. The number of benzene rings is 3. The van der Waals surface area contributed by atoms with Crippen LogP contribution in [0.2, 0.25) is 5.02 Å². The van der Waals surface area contributed by atoms with E-state index in [1.807, 2.05) is 0 Å². The summed E-state index contributed by atoms with van der Waals surface area (Å²) in [5.41, 5.74) is 1.66. The highest BCUT2D eigenvalue weighted by molar-refractivity contribution is 7.89. The van der Waals surface area contributed by atoms with Crippen LogP contribution in [0.3, 0.4) is 0 Å². The lowest BCUT2D eigenvalue weighted by atomic mass is 10.0. The maximum absolute atomic E-state index is 14.0. The second-order valence-corrected chi connectivity index (χ2v) is 14.1. The molecule has 1 aliphatic rings. The van der Waals surface area contributed by atoms with Crippen molar-refractivity contribution in [2.24, 2.45) is 0 Å². The summed E-state index contributed by atoms with van der Waals surface area (Å²) in [6.07, 6.45) is -2.39. The first-order valence-electron chi connectivity index (χ1n) is 12.9. The number of aliphatic carboxylic acids is 1. The molecule has 42 heavy (non-hydrogen) atoms. The molecule has 1 aliphatic heterocycles. The first-order chi connectivity index (χ1) is 19.8. The zero-order chi connectivity index (χ0) is 30.7. The van der Waals surface area contributed by atoms with Crippen molar-refractivity contribution in [3.8, 4) is 0 Å². The Morgan fingerprint density at radius 1 is 1.00 bits per heavy atom. The second kappa shape index (κ2) is 12.9. The minimum absolute atomic E-state index is 0.0579. The Morgan fingerprint density at radius 3 is 2.33 bits per heavy atom. The predicted molar refractivity (Wildman–Crippen MR) is 154 cm³/mol. The molecule has 14 heteroatoms. The van der Waals surface area contributed by atoms with Gasteiger partial charge in [0.2, 0.25) is 20.0 Å². The molecule has 0 spiro atoms. The number of carboxylic acid groups (broad SMARTS) is 1. The molecule has 2 N–H and O–H groups in total. The molecule has 2 atom stereocenters. The Morgan fingerprint density at radius 2 is 1.69 bits per heavy atom. The summed E-state index contributed by atoms with van der Waals surface area (Å²) < 4.78 is 70.5. The highest BCUT2D eigenvalue weighted by atomic mass is 35.5. The van der Waals surface area contributed by atoms with E-state index in [1.165, 1.54) is 0 Å². The SMILES string of the molecule is Cc1cccc(C(CC(=O)O)NC(=O)C2N(S(=O)(=O)Cc3ccccc3)CCCN2S(=O)(=O)c2ccc(F)c(Cl)c2)c1. The van der Waals surface area contributed by atoms with Gasteiger partial charge in [-0.3, -0.25) is 9.59 Å². The summed E-state index contributed by atoms with van der Waals surface area (Å²) >= 11 is 5.85. The lowest BCUT2D eigenvalue weighted by Crippen LogP contribution is -2.63. The average molecular weight is 638 g/mol. The summed E-state index contributed by atoms with van der Waals surface area (Å²) in [5.74, 6) is -3.63. The van der Waals surface area contributed by atoms with E-state index in [1.54, 1.807) is 61.5 Å². The van der Waals surface area contributed by atoms with Gasteiger partial charge in [-0.25, -0.2) is 21.2 Å². The molecule has 224 valence electrons. The first kappa shape index (κ1) is 31.6. The van der Waals surface area contributed by atoms with Crippen LogP contribution in [0.1, 0.15) is 35.6 Å². The summed E-state index contributed by atoms with van der Waals surface area (Å²) in [6.45, 7) is 1.38. The van der Waals surface area contributed by atoms with Crippen molar-refractivity contribution in [2.75, 3.05) is 13.1 Å². The molecule has 0 bridgehead atoms. The number of nitrogens with zero attached hydrogens (tertiary/aromatic N) is 2. The van der Waals surface area contributed by atoms with Gasteiger partial charge in [0.05, 0.1) is 28.1 Å². The highest BCUT2D eigenvalue weighted by Gasteiger charge is 2.47. The molecule has 1 fully saturated rings. The lowest BCUT2D eigenvalue weighted by Gasteiger charge is -2.41. The van der Waals surface area contributed by atoms with E-state index in [-0.39, 0.29) is 19.5 Å². The van der Waals surface area contributed by atoms with Crippen molar-refractivity contribution >= 4 is 43.5 Å². The number of hydrogen-bond donors (Lipinski definition) is 2. The summed E-state index contributed by atoms with van der Waals surface area (Å²) in [7, 11) is -8.88. The van der Waals surface area contributed by atoms with E-state index in [2.05, 4.69) is 5.32 Å². The van der Waals surface area contributed by atoms with Crippen molar-refractivity contribution in [3.05, 3.63) is 100 Å². The van der Waals surface area contributed by atoms with Crippen LogP contribution in [0.15, 0.2) is 77.7 Å². The number of halogens is 2. The maximum Gasteiger partial charge on any atom is 0.305 e. The molecular formula is C28H29ClFN3O7S2. The molecule has 0 radical (unpaired) electrons. The number of aryl methyl sites for hydroxylation is 1. The molecule has 10 nitrogen and oxygen atoms in total. The molecule has 0 aliphatic carbocycles. The van der Waals surface area contributed by atoms with Crippen LogP contribution in [-0.2, 0) is 35.4 Å². The van der Waals surface area contributed by atoms with Gasteiger partial charge in [-0.1, -0.05) is 71.8 Å². The van der Waals surface area contributed by atoms with Crippen LogP contribution in [0.5, 0.6) is 0 Å². The van der Waals surface area contributed by atoms with Gasteiger partial charge >= 0.3 is 5.97 Å². The van der Waals surface area contributed by atoms with E-state index in [9.17, 15) is 35.9 Å². The molecule has 0 aromatic heterocycles. The smallest absolute Gasteiger partial charge is 0.305 e. The molecule has 1 amide bonds. The molecule has 4 rings (SSSR count). The normalized spacial score (nSPS) is 17.5. The number of amides is 1. The van der Waals surface area contributed by atoms with Crippen LogP contribution >= 0.6 is 11.6 Å². The molecule has 1 heterocycles. The number of sulfonamides is 2. The van der Waals surface area contributed by atoms with E-state index in [0.717, 1.165) is 32.4 Å². The standard InChI is InChI=1S/C28H29ClFN3O7S2/c1-19-7-5-10-21(15-19)25(17-26(34)35)31-27(36)28-32(41(37,38)18-20-8-3-2-4-9-20)13-6-14-33(28)42(39,40)22-11-12-24(30)23(29)16-22/h2-5,7-12,15-16,25,28H,6,13-14,17-18H2,1H3,(H,31,36)(H,34,35). The van der Waals surface area contributed by atoms with E-state index in [4.69, 9.17) is 11.6 Å². The fourth-order valence-corrected chi connectivity index (χ4v) is 8.40. The predicted octanol–water partition coefficient (Wildman–Crippen LogP) is 3.67. The van der Waals surface area contributed by atoms with Crippen LogP contribution in [0, 0.1) is 12.7 Å². The minimum atomic E-state index is -4.59. The van der Waals surface area contributed by atoms with Crippen molar-refractivity contribution in [2.45, 2.75) is 42.6 Å². The van der Waals surface area contributed by atoms with Gasteiger partial charge in [-0.15, -0.1) is 0 Å². The van der Waals surface area contributed by atoms with Crippen molar-refractivity contribution in [3.63, 3.8) is 0 Å². The van der Waals surface area contributed by atoms with Crippen LogP contribution in [-0.4, -0.2) is 61.7 Å².